The van der Waals surface area contributed by atoms with Crippen molar-refractivity contribution in [3.05, 3.63) is 83.9 Å². The molecule has 0 spiro atoms. The van der Waals surface area contributed by atoms with Gasteiger partial charge in [0.25, 0.3) is 0 Å². The maximum atomic E-state index is 5.20. The molecule has 0 unspecified atom stereocenters. The maximum Gasteiger partial charge on any atom is 0.191 e. The Morgan fingerprint density at radius 2 is 1.86 bits per heavy atom. The van der Waals surface area contributed by atoms with Gasteiger partial charge in [-0.05, 0) is 35.7 Å². The molecule has 0 amide bonds. The molecule has 3 rings (SSSR count). The normalized spacial score (nSPS) is 10.9. The summed E-state index contributed by atoms with van der Waals surface area (Å²) in [5, 5.41) is 6.68. The third-order valence-corrected chi connectivity index (χ3v) is 4.30. The van der Waals surface area contributed by atoms with Gasteiger partial charge in [0.05, 0.1) is 20.0 Å². The van der Waals surface area contributed by atoms with Gasteiger partial charge in [-0.15, -0.1) is 24.0 Å². The molecule has 0 bridgehead atoms. The smallest absolute Gasteiger partial charge is 0.191 e. The number of ether oxygens (including phenoxy) is 1. The van der Waals surface area contributed by atoms with Gasteiger partial charge in [-0.1, -0.05) is 36.4 Å². The van der Waals surface area contributed by atoms with E-state index in [9.17, 15) is 0 Å². The predicted molar refractivity (Wildman–Crippen MR) is 128 cm³/mol. The van der Waals surface area contributed by atoms with Gasteiger partial charge in [0.2, 0.25) is 0 Å². The fraction of sp³-hybridized carbons (Fsp3) is 0.273. The molecule has 0 radical (unpaired) electrons. The van der Waals surface area contributed by atoms with Gasteiger partial charge in [-0.3, -0.25) is 0 Å². The number of aromatic nitrogens is 2. The summed E-state index contributed by atoms with van der Waals surface area (Å²) in [6, 6.07) is 16.5. The van der Waals surface area contributed by atoms with E-state index in [0.717, 1.165) is 24.8 Å². The Hall–Kier alpha value is -2.55. The molecule has 2 N–H and O–H groups in total. The van der Waals surface area contributed by atoms with Gasteiger partial charge in [-0.25, -0.2) is 9.98 Å². The van der Waals surface area contributed by atoms with E-state index in [2.05, 4.69) is 63.5 Å². The highest BCUT2D eigenvalue weighted by Crippen LogP contribution is 2.11. The number of nitrogens with zero attached hydrogens (tertiary/aromatic N) is 3. The summed E-state index contributed by atoms with van der Waals surface area (Å²) in [4.78, 5) is 8.81. The predicted octanol–water partition coefficient (Wildman–Crippen LogP) is 3.81. The molecule has 7 heteroatoms. The average Bonchev–Trinajstić information content (AvgIpc) is 3.24. The monoisotopic (exact) mass is 505 g/mol. The molecule has 0 fully saturated rings. The van der Waals surface area contributed by atoms with Crippen LogP contribution in [0.5, 0.6) is 5.75 Å². The van der Waals surface area contributed by atoms with Crippen LogP contribution in [0, 0.1) is 0 Å². The fourth-order valence-electron chi connectivity index (χ4n) is 2.86. The lowest BCUT2D eigenvalue weighted by Gasteiger charge is -2.12. The Morgan fingerprint density at radius 1 is 1.07 bits per heavy atom. The molecule has 0 saturated carbocycles. The second kappa shape index (κ2) is 12.1. The van der Waals surface area contributed by atoms with E-state index in [0.29, 0.717) is 13.1 Å². The second-order valence-electron chi connectivity index (χ2n) is 6.45. The minimum absolute atomic E-state index is 0. The number of hydrogen-bond acceptors (Lipinski definition) is 3. The van der Waals surface area contributed by atoms with Crippen LogP contribution in [0.2, 0.25) is 0 Å². The standard InChI is InChI=1S/C22H27N5O.HI/c1-3-24-22(25-14-18-7-9-21(28-2)10-8-18)26-15-19-5-4-6-20(13-19)16-27-12-11-23-17-27;/h4-13,17H,3,14-16H2,1-2H3,(H2,24,25,26);1H. The first-order valence-corrected chi connectivity index (χ1v) is 9.45. The average molecular weight is 505 g/mol. The number of methoxy groups -OCH3 is 1. The van der Waals surface area contributed by atoms with Gasteiger partial charge in [0.15, 0.2) is 5.96 Å². The van der Waals surface area contributed by atoms with Gasteiger partial charge < -0.3 is 19.9 Å². The number of nitrogens with one attached hydrogen (secondary N) is 2. The van der Waals surface area contributed by atoms with Crippen LogP contribution in [0.1, 0.15) is 23.6 Å². The summed E-state index contributed by atoms with van der Waals surface area (Å²) in [6.07, 6.45) is 5.60. The van der Waals surface area contributed by atoms with E-state index in [1.807, 2.05) is 24.7 Å². The first-order chi connectivity index (χ1) is 13.8. The van der Waals surface area contributed by atoms with Crippen molar-refractivity contribution in [3.63, 3.8) is 0 Å². The topological polar surface area (TPSA) is 63.5 Å². The van der Waals surface area contributed by atoms with E-state index in [1.54, 1.807) is 13.3 Å². The lowest BCUT2D eigenvalue weighted by Crippen LogP contribution is -2.36. The summed E-state index contributed by atoms with van der Waals surface area (Å²) in [6.45, 7) is 5.02. The Labute approximate surface area is 189 Å². The zero-order valence-electron chi connectivity index (χ0n) is 16.8. The van der Waals surface area contributed by atoms with Gasteiger partial charge in [-0.2, -0.15) is 0 Å². The first-order valence-electron chi connectivity index (χ1n) is 9.45. The third-order valence-electron chi connectivity index (χ3n) is 4.30. The largest absolute Gasteiger partial charge is 0.497 e. The zero-order chi connectivity index (χ0) is 19.6. The summed E-state index contributed by atoms with van der Waals surface area (Å²) in [5.41, 5.74) is 3.59. The van der Waals surface area contributed by atoms with E-state index in [4.69, 9.17) is 9.73 Å². The molecular weight excluding hydrogens is 477 g/mol. The molecule has 1 heterocycles. The fourth-order valence-corrected chi connectivity index (χ4v) is 2.86. The molecule has 1 aromatic heterocycles. The van der Waals surface area contributed by atoms with Crippen LogP contribution in [-0.4, -0.2) is 29.2 Å². The van der Waals surface area contributed by atoms with E-state index in [-0.39, 0.29) is 24.0 Å². The highest BCUT2D eigenvalue weighted by molar-refractivity contribution is 14.0. The molecule has 3 aromatic rings. The minimum Gasteiger partial charge on any atom is -0.497 e. The quantitative estimate of drug-likeness (QED) is 0.278. The highest BCUT2D eigenvalue weighted by atomic mass is 127. The first kappa shape index (κ1) is 22.7. The van der Waals surface area contributed by atoms with Crippen LogP contribution in [-0.2, 0) is 19.6 Å². The molecule has 154 valence electrons. The number of rotatable bonds is 8. The molecule has 0 aliphatic carbocycles. The van der Waals surface area contributed by atoms with Gasteiger partial charge in [0.1, 0.15) is 5.75 Å². The molecule has 2 aromatic carbocycles. The molecule has 0 saturated heterocycles. The van der Waals surface area contributed by atoms with Crippen LogP contribution in [0.15, 0.2) is 72.2 Å². The van der Waals surface area contributed by atoms with Crippen molar-refractivity contribution in [2.75, 3.05) is 13.7 Å². The number of aliphatic imine (C=N–C) groups is 1. The van der Waals surface area contributed by atoms with E-state index < -0.39 is 0 Å². The number of hydrogen-bond donors (Lipinski definition) is 2. The van der Waals surface area contributed by atoms with Crippen LogP contribution in [0.3, 0.4) is 0 Å². The van der Waals surface area contributed by atoms with Crippen molar-refractivity contribution >= 4 is 29.9 Å². The van der Waals surface area contributed by atoms with Crippen LogP contribution in [0.25, 0.3) is 0 Å². The van der Waals surface area contributed by atoms with Crippen molar-refractivity contribution in [1.82, 2.24) is 20.2 Å². The Bertz CT molecular complexity index is 878. The highest BCUT2D eigenvalue weighted by Gasteiger charge is 2.01. The van der Waals surface area contributed by atoms with Crippen molar-refractivity contribution < 1.29 is 4.74 Å². The molecule has 29 heavy (non-hydrogen) atoms. The Balaban J connectivity index is 0.00000300. The van der Waals surface area contributed by atoms with Crippen molar-refractivity contribution in [2.24, 2.45) is 4.99 Å². The summed E-state index contributed by atoms with van der Waals surface area (Å²) in [7, 11) is 1.67. The number of halogens is 1. The lowest BCUT2D eigenvalue weighted by atomic mass is 10.1. The maximum absolute atomic E-state index is 5.20. The Morgan fingerprint density at radius 3 is 2.55 bits per heavy atom. The van der Waals surface area contributed by atoms with Gasteiger partial charge >= 0.3 is 0 Å². The number of guanidine groups is 1. The third kappa shape index (κ3) is 7.41. The molecule has 0 atom stereocenters. The van der Waals surface area contributed by atoms with Gasteiger partial charge in [0, 0.05) is 32.0 Å². The molecule has 6 nitrogen and oxygen atoms in total. The van der Waals surface area contributed by atoms with Crippen molar-refractivity contribution in [1.29, 1.82) is 0 Å². The Kier molecular flexibility index (Phi) is 9.49. The van der Waals surface area contributed by atoms with Crippen molar-refractivity contribution in [3.8, 4) is 5.75 Å². The van der Waals surface area contributed by atoms with E-state index >= 15 is 0 Å². The van der Waals surface area contributed by atoms with Crippen LogP contribution < -0.4 is 15.4 Å². The van der Waals surface area contributed by atoms with Crippen LogP contribution in [0.4, 0.5) is 0 Å². The minimum atomic E-state index is 0. The van der Waals surface area contributed by atoms with Crippen molar-refractivity contribution in [2.45, 2.75) is 26.6 Å². The molecule has 0 aliphatic rings. The zero-order valence-corrected chi connectivity index (χ0v) is 19.2. The molecule has 0 aliphatic heterocycles. The summed E-state index contributed by atoms with van der Waals surface area (Å²) < 4.78 is 7.26. The van der Waals surface area contributed by atoms with E-state index in [1.165, 1.54) is 16.7 Å². The summed E-state index contributed by atoms with van der Waals surface area (Å²) >= 11 is 0. The number of imidazole rings is 1. The summed E-state index contributed by atoms with van der Waals surface area (Å²) in [5.74, 6) is 1.67. The van der Waals surface area contributed by atoms with Crippen LogP contribution >= 0.6 is 24.0 Å². The molecular formula is C22H28IN5O. The lowest BCUT2D eigenvalue weighted by molar-refractivity contribution is 0.414. The SMILES string of the molecule is CCNC(=NCc1cccc(Cn2ccnc2)c1)NCc1ccc(OC)cc1.I. The number of benzene rings is 2. The second-order valence-corrected chi connectivity index (χ2v) is 6.45.